The summed E-state index contributed by atoms with van der Waals surface area (Å²) in [6.07, 6.45) is 4.45. The van der Waals surface area contributed by atoms with E-state index in [2.05, 4.69) is 25.4 Å². The van der Waals surface area contributed by atoms with Crippen LogP contribution in [0.2, 0.25) is 0 Å². The molecule has 2 N–H and O–H groups in total. The second-order valence-electron chi connectivity index (χ2n) is 6.39. The number of benzene rings is 1. The van der Waals surface area contributed by atoms with E-state index in [1.165, 1.54) is 6.42 Å². The predicted molar refractivity (Wildman–Crippen MR) is 95.3 cm³/mol. The minimum Gasteiger partial charge on any atom is -0.380 e. The number of aryl methyl sites for hydroxylation is 1. The van der Waals surface area contributed by atoms with Crippen molar-refractivity contribution in [3.05, 3.63) is 41.5 Å². The fourth-order valence-corrected chi connectivity index (χ4v) is 3.16. The lowest BCUT2D eigenvalue weighted by atomic mass is 10.2. The van der Waals surface area contributed by atoms with Crippen LogP contribution in [0.3, 0.4) is 0 Å². The predicted octanol–water partition coefficient (Wildman–Crippen LogP) is 3.03. The quantitative estimate of drug-likeness (QED) is 0.874. The number of anilines is 1. The summed E-state index contributed by atoms with van der Waals surface area (Å²) in [4.78, 5) is 12.3. The summed E-state index contributed by atoms with van der Waals surface area (Å²) in [5.74, 6) is 1.84. The lowest BCUT2D eigenvalue weighted by Gasteiger charge is -2.16. The van der Waals surface area contributed by atoms with Crippen molar-refractivity contribution in [1.29, 1.82) is 0 Å². The van der Waals surface area contributed by atoms with Crippen molar-refractivity contribution in [1.82, 2.24) is 20.1 Å². The lowest BCUT2D eigenvalue weighted by Crippen LogP contribution is -2.32. The molecule has 1 aromatic carbocycles. The minimum absolute atomic E-state index is 0.207. The molecule has 25 heavy (non-hydrogen) atoms. The molecule has 1 aromatic heterocycles. The first-order valence-corrected chi connectivity index (χ1v) is 8.74. The van der Waals surface area contributed by atoms with Crippen molar-refractivity contribution in [3.8, 4) is 0 Å². The molecule has 3 rings (SSSR count). The molecule has 0 radical (unpaired) electrons. The van der Waals surface area contributed by atoms with Crippen LogP contribution in [0.15, 0.2) is 24.3 Å². The van der Waals surface area contributed by atoms with Crippen LogP contribution >= 0.6 is 0 Å². The van der Waals surface area contributed by atoms with Gasteiger partial charge in [0.1, 0.15) is 5.82 Å². The number of nitrogens with one attached hydrogen (secondary N) is 2. The zero-order valence-electron chi connectivity index (χ0n) is 14.8. The molecule has 0 bridgehead atoms. The maximum absolute atomic E-state index is 12.3. The maximum Gasteiger partial charge on any atom is 0.319 e. The summed E-state index contributed by atoms with van der Waals surface area (Å²) in [6, 6.07) is 7.14. The number of methoxy groups -OCH3 is 1. The molecule has 0 spiro atoms. The summed E-state index contributed by atoms with van der Waals surface area (Å²) >= 11 is 0. The molecular weight excluding hydrogens is 318 g/mol. The molecule has 1 atom stereocenters. The largest absolute Gasteiger partial charge is 0.380 e. The van der Waals surface area contributed by atoms with Crippen LogP contribution < -0.4 is 10.6 Å². The fourth-order valence-electron chi connectivity index (χ4n) is 3.16. The Bertz CT molecular complexity index is 728. The topological polar surface area (TPSA) is 81.1 Å². The van der Waals surface area contributed by atoms with Gasteiger partial charge in [0.15, 0.2) is 5.82 Å². The Kier molecular flexibility index (Phi) is 5.65. The van der Waals surface area contributed by atoms with E-state index in [9.17, 15) is 4.79 Å². The van der Waals surface area contributed by atoms with Crippen molar-refractivity contribution in [2.24, 2.45) is 0 Å². The molecule has 1 aliphatic rings. The second-order valence-corrected chi connectivity index (χ2v) is 6.39. The number of carbonyl (C=O) groups is 1. The van der Waals surface area contributed by atoms with Gasteiger partial charge in [-0.3, -0.25) is 0 Å². The highest BCUT2D eigenvalue weighted by molar-refractivity contribution is 5.89. The van der Waals surface area contributed by atoms with Crippen molar-refractivity contribution in [2.75, 3.05) is 12.4 Å². The number of urea groups is 1. The van der Waals surface area contributed by atoms with Crippen LogP contribution in [-0.2, 0) is 24.3 Å². The number of nitrogens with zero attached hydrogens (tertiary/aromatic N) is 3. The maximum atomic E-state index is 12.3. The van der Waals surface area contributed by atoms with Gasteiger partial charge in [-0.1, -0.05) is 18.6 Å². The SMILES string of the molecule is COCc1cccc(NC(=O)N[C@H](C)c2nnc3n2CCCCC3)c1. The number of carbonyl (C=O) groups excluding carboxylic acids is 1. The van der Waals surface area contributed by atoms with Gasteiger partial charge >= 0.3 is 6.03 Å². The summed E-state index contributed by atoms with van der Waals surface area (Å²) in [7, 11) is 1.65. The van der Waals surface area contributed by atoms with E-state index in [4.69, 9.17) is 4.74 Å². The fraction of sp³-hybridized carbons (Fsp3) is 0.500. The molecular formula is C18H25N5O2. The van der Waals surface area contributed by atoms with E-state index < -0.39 is 0 Å². The highest BCUT2D eigenvalue weighted by Gasteiger charge is 2.20. The van der Waals surface area contributed by atoms with Gasteiger partial charge < -0.3 is 19.9 Å². The Morgan fingerprint density at radius 3 is 3.04 bits per heavy atom. The van der Waals surface area contributed by atoms with Gasteiger partial charge in [0.05, 0.1) is 12.6 Å². The number of aromatic nitrogens is 3. The number of hydrogen-bond acceptors (Lipinski definition) is 4. The van der Waals surface area contributed by atoms with Crippen LogP contribution in [0.5, 0.6) is 0 Å². The van der Waals surface area contributed by atoms with Crippen molar-refractivity contribution in [3.63, 3.8) is 0 Å². The molecule has 2 amide bonds. The molecule has 1 aliphatic heterocycles. The number of hydrogen-bond donors (Lipinski definition) is 2. The molecule has 0 unspecified atom stereocenters. The van der Waals surface area contributed by atoms with Gasteiger partial charge in [0.2, 0.25) is 0 Å². The molecule has 7 nitrogen and oxygen atoms in total. The molecule has 7 heteroatoms. The monoisotopic (exact) mass is 343 g/mol. The van der Waals surface area contributed by atoms with Gasteiger partial charge in [-0.05, 0) is 37.5 Å². The smallest absolute Gasteiger partial charge is 0.319 e. The van der Waals surface area contributed by atoms with Gasteiger partial charge in [-0.15, -0.1) is 10.2 Å². The molecule has 0 aliphatic carbocycles. The van der Waals surface area contributed by atoms with Crippen LogP contribution in [0.1, 0.15) is 49.4 Å². The highest BCUT2D eigenvalue weighted by atomic mass is 16.5. The highest BCUT2D eigenvalue weighted by Crippen LogP contribution is 2.19. The summed E-state index contributed by atoms with van der Waals surface area (Å²) in [5, 5.41) is 14.4. The van der Waals surface area contributed by atoms with E-state index in [1.54, 1.807) is 7.11 Å². The Morgan fingerprint density at radius 2 is 2.20 bits per heavy atom. The van der Waals surface area contributed by atoms with Crippen molar-refractivity contribution < 1.29 is 9.53 Å². The number of ether oxygens (including phenoxy) is 1. The second kappa shape index (κ2) is 8.11. The first kappa shape index (κ1) is 17.4. The first-order chi connectivity index (χ1) is 12.2. The molecule has 2 heterocycles. The average molecular weight is 343 g/mol. The van der Waals surface area contributed by atoms with E-state index in [0.717, 1.165) is 48.7 Å². The van der Waals surface area contributed by atoms with Gasteiger partial charge in [-0.25, -0.2) is 4.79 Å². The van der Waals surface area contributed by atoms with E-state index in [0.29, 0.717) is 6.61 Å². The third kappa shape index (κ3) is 4.36. The molecule has 134 valence electrons. The van der Waals surface area contributed by atoms with Gasteiger partial charge in [0.25, 0.3) is 0 Å². The summed E-state index contributed by atoms with van der Waals surface area (Å²) < 4.78 is 7.27. The van der Waals surface area contributed by atoms with Crippen LogP contribution in [0.4, 0.5) is 10.5 Å². The minimum atomic E-state index is -0.256. The number of fused-ring (bicyclic) bond motifs is 1. The number of amides is 2. The molecule has 2 aromatic rings. The average Bonchev–Trinajstić information content (AvgIpc) is 2.84. The third-order valence-corrected chi connectivity index (χ3v) is 4.37. The standard InChI is InChI=1S/C18H25N5O2/c1-13(17-22-21-16-9-4-3-5-10-23(16)17)19-18(24)20-15-8-6-7-14(11-15)12-25-2/h6-8,11,13H,3-5,9-10,12H2,1-2H3,(H2,19,20,24)/t13-/m1/s1. The first-order valence-electron chi connectivity index (χ1n) is 8.74. The van der Waals surface area contributed by atoms with Gasteiger partial charge in [0, 0.05) is 25.8 Å². The Labute approximate surface area is 147 Å². The van der Waals surface area contributed by atoms with Crippen LogP contribution in [-0.4, -0.2) is 27.9 Å². The Balaban J connectivity index is 1.63. The van der Waals surface area contributed by atoms with E-state index >= 15 is 0 Å². The van der Waals surface area contributed by atoms with Crippen LogP contribution in [0.25, 0.3) is 0 Å². The zero-order valence-corrected chi connectivity index (χ0v) is 14.8. The summed E-state index contributed by atoms with van der Waals surface area (Å²) in [6.45, 7) is 3.37. The molecule has 0 fully saturated rings. The lowest BCUT2D eigenvalue weighted by molar-refractivity contribution is 0.185. The number of rotatable bonds is 5. The van der Waals surface area contributed by atoms with Crippen LogP contribution in [0, 0.1) is 0 Å². The van der Waals surface area contributed by atoms with Crippen molar-refractivity contribution in [2.45, 2.75) is 51.8 Å². The summed E-state index contributed by atoms with van der Waals surface area (Å²) in [5.41, 5.74) is 1.75. The molecule has 0 saturated carbocycles. The van der Waals surface area contributed by atoms with Gasteiger partial charge in [-0.2, -0.15) is 0 Å². The Hall–Kier alpha value is -2.41. The zero-order chi connectivity index (χ0) is 17.6. The Morgan fingerprint density at radius 1 is 1.32 bits per heavy atom. The van der Waals surface area contributed by atoms with E-state index in [-0.39, 0.29) is 12.1 Å². The normalized spacial score (nSPS) is 15.1. The van der Waals surface area contributed by atoms with E-state index in [1.807, 2.05) is 31.2 Å². The van der Waals surface area contributed by atoms with Crippen molar-refractivity contribution >= 4 is 11.7 Å². The molecule has 0 saturated heterocycles. The third-order valence-electron chi connectivity index (χ3n) is 4.37.